The summed E-state index contributed by atoms with van der Waals surface area (Å²) in [4.78, 5) is 55.6. The van der Waals surface area contributed by atoms with Crippen LogP contribution in [0.3, 0.4) is 0 Å². The zero-order chi connectivity index (χ0) is 20.1. The van der Waals surface area contributed by atoms with E-state index in [4.69, 9.17) is 39.7 Å². The number of hydrogen-bond donors (Lipinski definition) is 4. The van der Waals surface area contributed by atoms with Gasteiger partial charge in [0, 0.05) is 24.8 Å². The molecule has 0 amide bonds. The summed E-state index contributed by atoms with van der Waals surface area (Å²) in [5.41, 5.74) is -2.97. The molecule has 4 N–H and O–H groups in total. The SMILES string of the molecule is O=C([O-])CC(O)(CC(=O)[O-])C(=O)[O-].O=P([O-])([O-])[O-].OCC(O)CO.[Ca+2].[Ca+2].[Ca+2].[K+]. The molecule has 0 aromatic carbocycles. The van der Waals surface area contributed by atoms with Crippen LogP contribution in [0.5, 0.6) is 0 Å². The molecule has 0 atom stereocenters. The van der Waals surface area contributed by atoms with Crippen LogP contribution in [0.15, 0.2) is 0 Å². The molecular formula is C9H13Ca3KO14P+. The zero-order valence-electron chi connectivity index (χ0n) is 14.8. The summed E-state index contributed by atoms with van der Waals surface area (Å²) in [5, 5.41) is 62.9. The van der Waals surface area contributed by atoms with Crippen molar-refractivity contribution in [3.63, 3.8) is 0 Å². The molecule has 0 radical (unpaired) electrons. The number of carbonyl (C=O) groups excluding carboxylic acids is 3. The largest absolute Gasteiger partial charge is 2.00 e. The predicted octanol–water partition coefficient (Wildman–Crippen LogP) is -13.9. The monoisotopic (exact) mass is 535 g/mol. The summed E-state index contributed by atoms with van der Waals surface area (Å²) in [7, 11) is -5.39. The van der Waals surface area contributed by atoms with Crippen LogP contribution in [0.25, 0.3) is 0 Å². The Kier molecular flexibility index (Phi) is 47.3. The normalized spacial score (nSPS) is 9.29. The molecule has 0 bridgehead atoms. The van der Waals surface area contributed by atoms with E-state index in [2.05, 4.69) is 0 Å². The number of aliphatic carboxylic acids is 3. The second-order valence-corrected chi connectivity index (χ2v) is 4.78. The van der Waals surface area contributed by atoms with Gasteiger partial charge in [0.2, 0.25) is 0 Å². The third kappa shape index (κ3) is 43.6. The molecule has 28 heavy (non-hydrogen) atoms. The molecule has 0 aliphatic carbocycles. The Morgan fingerprint density at radius 3 is 1.14 bits per heavy atom. The maximum absolute atomic E-state index is 10.1. The van der Waals surface area contributed by atoms with Crippen molar-refractivity contribution in [2.45, 2.75) is 24.5 Å². The minimum absolute atomic E-state index is 0. The van der Waals surface area contributed by atoms with Crippen LogP contribution < -0.4 is 81.4 Å². The molecule has 0 unspecified atom stereocenters. The number of rotatable bonds is 7. The third-order valence-electron chi connectivity index (χ3n) is 1.68. The molecular weight excluding hydrogens is 522 g/mol. The Labute approximate surface area is 291 Å². The van der Waals surface area contributed by atoms with Gasteiger partial charge >= 0.3 is 165 Å². The average molecular weight is 535 g/mol. The van der Waals surface area contributed by atoms with Crippen LogP contribution >= 0.6 is 7.82 Å². The van der Waals surface area contributed by atoms with Crippen LogP contribution in [-0.4, -0.2) is 176 Å². The number of phosphoric acid groups is 1. The Morgan fingerprint density at radius 2 is 1.07 bits per heavy atom. The predicted molar refractivity (Wildman–Crippen MR) is 74.3 cm³/mol. The standard InChI is InChI=1S/C6H8O7.C3H8O3.3Ca.K.H3O4P/c7-3(8)1-6(13,5(11)12)2-4(9)10;4-1-3(6)2-5;;;;;1-5(2,3)4/h13H,1-2H2,(H,7,8)(H,9,10)(H,11,12);3-6H,1-2H2;;;;;(H3,1,2,3,4)/q;;3*+2;+1;/p-6. The van der Waals surface area contributed by atoms with Crippen molar-refractivity contribution in [3.8, 4) is 0 Å². The van der Waals surface area contributed by atoms with Gasteiger partial charge in [-0.05, 0) is 0 Å². The number of hydrogen-bond acceptors (Lipinski definition) is 14. The van der Waals surface area contributed by atoms with Gasteiger partial charge in [0.25, 0.3) is 0 Å². The molecule has 19 heteroatoms. The van der Waals surface area contributed by atoms with Gasteiger partial charge in [0.15, 0.2) is 0 Å². The Bertz CT molecular complexity index is 433. The van der Waals surface area contributed by atoms with Crippen molar-refractivity contribution >= 4 is 139 Å². The quantitative estimate of drug-likeness (QED) is 0.174. The maximum atomic E-state index is 10.1. The molecule has 144 valence electrons. The van der Waals surface area contributed by atoms with Crippen molar-refractivity contribution in [1.29, 1.82) is 0 Å². The number of carboxylic acids is 3. The van der Waals surface area contributed by atoms with E-state index in [1.165, 1.54) is 0 Å². The van der Waals surface area contributed by atoms with Gasteiger partial charge in [-0.25, -0.2) is 0 Å². The first kappa shape index (κ1) is 49.0. The van der Waals surface area contributed by atoms with Crippen molar-refractivity contribution in [2.75, 3.05) is 13.2 Å². The van der Waals surface area contributed by atoms with E-state index in [1.807, 2.05) is 0 Å². The van der Waals surface area contributed by atoms with Gasteiger partial charge in [0.05, 0.1) is 19.2 Å². The number of carbonyl (C=O) groups is 3. The van der Waals surface area contributed by atoms with Gasteiger partial charge in [-0.15, -0.1) is 0 Å². The van der Waals surface area contributed by atoms with Gasteiger partial charge < -0.3 is 69.4 Å². The number of carboxylic acid groups (broad SMARTS) is 3. The summed E-state index contributed by atoms with van der Waals surface area (Å²) in [6.07, 6.45) is -3.67. The van der Waals surface area contributed by atoms with Crippen LogP contribution in [0.1, 0.15) is 12.8 Å². The molecule has 0 aromatic heterocycles. The van der Waals surface area contributed by atoms with E-state index >= 15 is 0 Å². The first-order valence-electron chi connectivity index (χ1n) is 5.55. The molecule has 0 fully saturated rings. The molecule has 0 rings (SSSR count). The van der Waals surface area contributed by atoms with Crippen molar-refractivity contribution < 1.29 is 121 Å². The Balaban J connectivity index is -0.0000000504. The minimum Gasteiger partial charge on any atom is -0.822 e. The molecule has 0 aliphatic heterocycles. The van der Waals surface area contributed by atoms with Gasteiger partial charge in [-0.1, -0.05) is 0 Å². The smallest absolute Gasteiger partial charge is 0.822 e. The first-order valence-corrected chi connectivity index (χ1v) is 7.01. The van der Waals surface area contributed by atoms with E-state index < -0.39 is 50.3 Å². The van der Waals surface area contributed by atoms with Crippen molar-refractivity contribution in [3.05, 3.63) is 0 Å². The van der Waals surface area contributed by atoms with E-state index in [-0.39, 0.29) is 178 Å². The summed E-state index contributed by atoms with van der Waals surface area (Å²) in [5.74, 6) is -5.98. The molecule has 0 aromatic rings. The van der Waals surface area contributed by atoms with Gasteiger partial charge in [0.1, 0.15) is 11.7 Å². The fourth-order valence-corrected chi connectivity index (χ4v) is 0.742. The van der Waals surface area contributed by atoms with Crippen LogP contribution in [-0.2, 0) is 18.9 Å². The Hall–Kier alpha value is 3.78. The molecule has 0 saturated carbocycles. The van der Waals surface area contributed by atoms with E-state index in [9.17, 15) is 29.7 Å². The fourth-order valence-electron chi connectivity index (χ4n) is 0.742. The van der Waals surface area contributed by atoms with Crippen LogP contribution in [0.2, 0.25) is 0 Å². The number of aliphatic hydroxyl groups excluding tert-OH is 3. The second-order valence-electron chi connectivity index (χ2n) is 3.88. The van der Waals surface area contributed by atoms with E-state index in [0.717, 1.165) is 0 Å². The van der Waals surface area contributed by atoms with Crippen molar-refractivity contribution in [1.82, 2.24) is 0 Å². The maximum Gasteiger partial charge on any atom is 2.00 e. The summed E-state index contributed by atoms with van der Waals surface area (Å²) in [6, 6.07) is 0. The Morgan fingerprint density at radius 1 is 0.857 bits per heavy atom. The topological polar surface area (TPSA) is 288 Å². The summed E-state index contributed by atoms with van der Waals surface area (Å²) < 4.78 is 8.55. The summed E-state index contributed by atoms with van der Waals surface area (Å²) >= 11 is 0. The first-order chi connectivity index (χ1) is 10.6. The van der Waals surface area contributed by atoms with Crippen LogP contribution in [0.4, 0.5) is 0 Å². The van der Waals surface area contributed by atoms with Crippen molar-refractivity contribution in [2.24, 2.45) is 0 Å². The molecule has 0 aliphatic rings. The third-order valence-corrected chi connectivity index (χ3v) is 1.68. The second kappa shape index (κ2) is 27.0. The molecule has 14 nitrogen and oxygen atoms in total. The summed E-state index contributed by atoms with van der Waals surface area (Å²) in [6.45, 7) is -0.729. The van der Waals surface area contributed by atoms with E-state index in [0.29, 0.717) is 0 Å². The average Bonchev–Trinajstić information content (AvgIpc) is 2.34. The van der Waals surface area contributed by atoms with E-state index in [1.54, 1.807) is 0 Å². The van der Waals surface area contributed by atoms with Gasteiger partial charge in [-0.3, -0.25) is 0 Å². The molecule has 0 heterocycles. The molecule has 0 spiro atoms. The van der Waals surface area contributed by atoms with Gasteiger partial charge in [-0.2, -0.15) is 7.82 Å². The zero-order valence-corrected chi connectivity index (χ0v) is 25.5. The van der Waals surface area contributed by atoms with Crippen LogP contribution in [0, 0.1) is 0 Å². The minimum atomic E-state index is -5.39. The molecule has 0 saturated heterocycles. The fraction of sp³-hybridized carbons (Fsp3) is 0.667. The number of aliphatic hydroxyl groups is 4.